The lowest BCUT2D eigenvalue weighted by Gasteiger charge is -2.18. The Morgan fingerprint density at radius 2 is 1.96 bits per heavy atom. The van der Waals surface area contributed by atoms with Gasteiger partial charge in [0.25, 0.3) is 5.56 Å². The predicted octanol–water partition coefficient (Wildman–Crippen LogP) is 2.97. The van der Waals surface area contributed by atoms with Crippen LogP contribution in [0.3, 0.4) is 0 Å². The van der Waals surface area contributed by atoms with Gasteiger partial charge in [0.2, 0.25) is 5.91 Å². The van der Waals surface area contributed by atoms with Gasteiger partial charge < -0.3 is 5.32 Å². The van der Waals surface area contributed by atoms with Gasteiger partial charge in [0, 0.05) is 23.7 Å². The van der Waals surface area contributed by atoms with Crippen molar-refractivity contribution in [1.82, 2.24) is 19.5 Å². The van der Waals surface area contributed by atoms with E-state index in [1.807, 2.05) is 35.9 Å². The summed E-state index contributed by atoms with van der Waals surface area (Å²) < 4.78 is 17.0. The number of hydrogen-bond donors (Lipinski definition) is 1. The topological polar surface area (TPSA) is 68.4 Å². The van der Waals surface area contributed by atoms with Gasteiger partial charge in [0.1, 0.15) is 11.9 Å². The summed E-state index contributed by atoms with van der Waals surface area (Å²) in [5.41, 5.74) is 2.38. The lowest BCUT2D eigenvalue weighted by Crippen LogP contribution is -2.32. The van der Waals surface area contributed by atoms with E-state index in [1.165, 1.54) is 18.2 Å². The molecule has 1 amide bonds. The second-order valence-electron chi connectivity index (χ2n) is 6.76. The van der Waals surface area contributed by atoms with E-state index in [1.54, 1.807) is 23.6 Å². The first-order valence-electron chi connectivity index (χ1n) is 8.97. The van der Waals surface area contributed by atoms with E-state index in [4.69, 9.17) is 0 Å². The van der Waals surface area contributed by atoms with Crippen molar-refractivity contribution in [2.45, 2.75) is 26.4 Å². The smallest absolute Gasteiger partial charge is 0.273 e. The maximum absolute atomic E-state index is 13.3. The summed E-state index contributed by atoms with van der Waals surface area (Å²) in [5, 5.41) is 3.65. The average Bonchev–Trinajstić information content (AvgIpc) is 3.00. The van der Waals surface area contributed by atoms with Crippen LogP contribution in [0.5, 0.6) is 0 Å². The highest BCUT2D eigenvalue weighted by Gasteiger charge is 2.22. The van der Waals surface area contributed by atoms with Crippen molar-refractivity contribution in [3.8, 4) is 0 Å². The van der Waals surface area contributed by atoms with Gasteiger partial charge in [-0.25, -0.2) is 8.91 Å². The molecule has 4 aromatic rings. The summed E-state index contributed by atoms with van der Waals surface area (Å²) in [5.74, 6) is -0.558. The molecule has 142 valence electrons. The molecule has 1 unspecified atom stereocenters. The zero-order chi connectivity index (χ0) is 19.8. The van der Waals surface area contributed by atoms with Crippen LogP contribution in [0.15, 0.2) is 59.4 Å². The number of fused-ring (bicyclic) bond motifs is 3. The Labute approximate surface area is 160 Å². The first-order chi connectivity index (χ1) is 13.5. The number of rotatable bonds is 4. The van der Waals surface area contributed by atoms with Crippen molar-refractivity contribution in [3.63, 3.8) is 0 Å². The van der Waals surface area contributed by atoms with Crippen LogP contribution in [0, 0.1) is 12.7 Å². The lowest BCUT2D eigenvalue weighted by atomic mass is 10.2. The second-order valence-corrected chi connectivity index (χ2v) is 6.76. The number of para-hydroxylation sites is 1. The van der Waals surface area contributed by atoms with Crippen molar-refractivity contribution in [3.05, 3.63) is 82.0 Å². The fourth-order valence-corrected chi connectivity index (χ4v) is 3.48. The van der Waals surface area contributed by atoms with E-state index in [2.05, 4.69) is 10.3 Å². The number of aromatic nitrogens is 3. The van der Waals surface area contributed by atoms with Gasteiger partial charge in [-0.2, -0.15) is 4.98 Å². The fraction of sp³-hybridized carbons (Fsp3) is 0.190. The van der Waals surface area contributed by atoms with Crippen molar-refractivity contribution in [2.75, 3.05) is 0 Å². The molecule has 0 saturated heterocycles. The fourth-order valence-electron chi connectivity index (χ4n) is 3.48. The van der Waals surface area contributed by atoms with E-state index in [0.717, 1.165) is 10.9 Å². The van der Waals surface area contributed by atoms with Gasteiger partial charge in [-0.05, 0) is 43.7 Å². The maximum Gasteiger partial charge on any atom is 0.273 e. The summed E-state index contributed by atoms with van der Waals surface area (Å²) in [6.45, 7) is 3.82. The Morgan fingerprint density at radius 1 is 1.18 bits per heavy atom. The molecule has 1 atom stereocenters. The molecule has 28 heavy (non-hydrogen) atoms. The van der Waals surface area contributed by atoms with Crippen LogP contribution in [0.4, 0.5) is 4.39 Å². The molecule has 0 radical (unpaired) electrons. The van der Waals surface area contributed by atoms with Gasteiger partial charge in [-0.15, -0.1) is 0 Å². The van der Waals surface area contributed by atoms with Gasteiger partial charge in [-0.1, -0.05) is 24.3 Å². The molecule has 0 fully saturated rings. The van der Waals surface area contributed by atoms with Gasteiger partial charge in [-0.3, -0.25) is 14.3 Å². The van der Waals surface area contributed by atoms with E-state index in [-0.39, 0.29) is 23.8 Å². The van der Waals surface area contributed by atoms with Gasteiger partial charge in [0.15, 0.2) is 5.65 Å². The number of carbonyl (C=O) groups is 1. The number of amides is 1. The molecule has 1 N–H and O–H groups in total. The third kappa shape index (κ3) is 3.05. The normalized spacial score (nSPS) is 12.4. The minimum Gasteiger partial charge on any atom is -0.350 e. The monoisotopic (exact) mass is 378 g/mol. The highest BCUT2D eigenvalue weighted by atomic mass is 19.1. The Kier molecular flexibility index (Phi) is 4.43. The Balaban J connectivity index is 1.74. The predicted molar refractivity (Wildman–Crippen MR) is 105 cm³/mol. The quantitative estimate of drug-likeness (QED) is 0.594. The number of carbonyl (C=O) groups excluding carboxylic acids is 1. The maximum atomic E-state index is 13.3. The van der Waals surface area contributed by atoms with Crippen LogP contribution in [0.2, 0.25) is 0 Å². The summed E-state index contributed by atoms with van der Waals surface area (Å²) in [7, 11) is 0. The molecule has 6 nitrogen and oxygen atoms in total. The molecule has 0 aliphatic rings. The standard InChI is InChI=1S/C21H19FN4O2/c1-13-10-19(27)24-20-17-8-3-4-9-18(17)26(25(13)20)14(2)21(28)23-12-15-6-5-7-16(22)11-15/h3-11,14H,12H2,1-2H3,(H,23,28). The third-order valence-electron chi connectivity index (χ3n) is 4.79. The average molecular weight is 378 g/mol. The lowest BCUT2D eigenvalue weighted by molar-refractivity contribution is -0.124. The molecule has 7 heteroatoms. The number of halogens is 1. The molecule has 0 spiro atoms. The van der Waals surface area contributed by atoms with Crippen LogP contribution in [-0.2, 0) is 11.3 Å². The zero-order valence-corrected chi connectivity index (χ0v) is 15.5. The number of nitrogens with zero attached hydrogens (tertiary/aromatic N) is 3. The number of nitrogens with one attached hydrogen (secondary N) is 1. The SMILES string of the molecule is Cc1cc(=O)nc2c3ccccc3n(C(C)C(=O)NCc3cccc(F)c3)n12. The van der Waals surface area contributed by atoms with Crippen LogP contribution in [-0.4, -0.2) is 20.1 Å². The van der Waals surface area contributed by atoms with Gasteiger partial charge in [0.05, 0.1) is 5.52 Å². The van der Waals surface area contributed by atoms with E-state index >= 15 is 0 Å². The minimum absolute atomic E-state index is 0.218. The highest BCUT2D eigenvalue weighted by molar-refractivity contribution is 5.94. The summed E-state index contributed by atoms with van der Waals surface area (Å²) in [4.78, 5) is 28.9. The van der Waals surface area contributed by atoms with E-state index in [0.29, 0.717) is 16.9 Å². The molecule has 4 rings (SSSR count). The third-order valence-corrected chi connectivity index (χ3v) is 4.79. The summed E-state index contributed by atoms with van der Waals surface area (Å²) >= 11 is 0. The zero-order valence-electron chi connectivity index (χ0n) is 15.5. The molecule has 0 bridgehead atoms. The minimum atomic E-state index is -0.570. The second kappa shape index (κ2) is 6.92. The molecular formula is C21H19FN4O2. The Morgan fingerprint density at radius 3 is 2.75 bits per heavy atom. The molecule has 2 heterocycles. The summed E-state index contributed by atoms with van der Waals surface area (Å²) in [6.07, 6.45) is 0. The molecule has 0 saturated carbocycles. The summed E-state index contributed by atoms with van der Waals surface area (Å²) in [6, 6.07) is 14.5. The molecule has 2 aromatic carbocycles. The van der Waals surface area contributed by atoms with E-state index < -0.39 is 6.04 Å². The van der Waals surface area contributed by atoms with Crippen molar-refractivity contribution in [2.24, 2.45) is 0 Å². The van der Waals surface area contributed by atoms with Crippen LogP contribution >= 0.6 is 0 Å². The molecule has 0 aliphatic carbocycles. The first-order valence-corrected chi connectivity index (χ1v) is 8.97. The first kappa shape index (κ1) is 17.9. The molecule has 0 aliphatic heterocycles. The highest BCUT2D eigenvalue weighted by Crippen LogP contribution is 2.25. The van der Waals surface area contributed by atoms with E-state index in [9.17, 15) is 14.0 Å². The van der Waals surface area contributed by atoms with Crippen LogP contribution in [0.25, 0.3) is 16.6 Å². The number of hydrogen-bond acceptors (Lipinski definition) is 3. The van der Waals surface area contributed by atoms with Crippen molar-refractivity contribution in [1.29, 1.82) is 0 Å². The Hall–Kier alpha value is -3.48. The van der Waals surface area contributed by atoms with Crippen molar-refractivity contribution >= 4 is 22.5 Å². The van der Waals surface area contributed by atoms with Crippen LogP contribution < -0.4 is 10.9 Å². The van der Waals surface area contributed by atoms with Gasteiger partial charge >= 0.3 is 0 Å². The molecular weight excluding hydrogens is 359 g/mol. The number of benzene rings is 2. The largest absolute Gasteiger partial charge is 0.350 e. The number of aryl methyl sites for hydroxylation is 1. The Bertz CT molecular complexity index is 1260. The van der Waals surface area contributed by atoms with Crippen LogP contribution in [0.1, 0.15) is 24.2 Å². The molecule has 2 aromatic heterocycles. The van der Waals surface area contributed by atoms with Crippen molar-refractivity contribution < 1.29 is 9.18 Å².